The van der Waals surface area contributed by atoms with Gasteiger partial charge in [-0.15, -0.1) is 0 Å². The van der Waals surface area contributed by atoms with E-state index in [1.54, 1.807) is 12.1 Å². The molecule has 5 heteroatoms. The van der Waals surface area contributed by atoms with E-state index in [4.69, 9.17) is 4.52 Å². The maximum atomic E-state index is 12.6. The third kappa shape index (κ3) is 3.34. The summed E-state index contributed by atoms with van der Waals surface area (Å²) in [4.78, 5) is 16.8. The Kier molecular flexibility index (Phi) is 4.46. The summed E-state index contributed by atoms with van der Waals surface area (Å²) >= 11 is 3.38. The van der Waals surface area contributed by atoms with E-state index in [9.17, 15) is 4.79 Å². The average Bonchev–Trinajstić information content (AvgIpc) is 3.19. The van der Waals surface area contributed by atoms with Crippen molar-refractivity contribution in [1.82, 2.24) is 10.1 Å². The Hall–Kier alpha value is -3.05. The van der Waals surface area contributed by atoms with Crippen molar-refractivity contribution < 1.29 is 9.32 Å². The number of carbonyl (C=O) groups is 1. The van der Waals surface area contributed by atoms with Crippen molar-refractivity contribution in [1.29, 1.82) is 0 Å². The van der Waals surface area contributed by atoms with Gasteiger partial charge in [-0.3, -0.25) is 4.79 Å². The molecule has 0 aliphatic heterocycles. The molecule has 0 aliphatic rings. The predicted molar refractivity (Wildman–Crippen MR) is 103 cm³/mol. The molecule has 1 aromatic heterocycles. The number of carbonyl (C=O) groups excluding carboxylic acids is 1. The van der Waals surface area contributed by atoms with Crippen molar-refractivity contribution in [2.45, 2.75) is 0 Å². The molecular weight excluding hydrogens is 392 g/mol. The maximum absolute atomic E-state index is 12.6. The predicted octanol–water partition coefficient (Wildman–Crippen LogP) is 5.40. The lowest BCUT2D eigenvalue weighted by molar-refractivity contribution is 0.0994. The summed E-state index contributed by atoms with van der Waals surface area (Å²) < 4.78 is 6.12. The zero-order chi connectivity index (χ0) is 17.9. The average molecular weight is 405 g/mol. The zero-order valence-corrected chi connectivity index (χ0v) is 15.2. The van der Waals surface area contributed by atoms with Crippen molar-refractivity contribution in [3.63, 3.8) is 0 Å². The van der Waals surface area contributed by atoms with Gasteiger partial charge in [-0.05, 0) is 35.4 Å². The van der Waals surface area contributed by atoms with Gasteiger partial charge in [0.15, 0.2) is 0 Å². The Labute approximate surface area is 158 Å². The zero-order valence-electron chi connectivity index (χ0n) is 13.6. The Morgan fingerprint density at radius 1 is 0.769 bits per heavy atom. The quantitative estimate of drug-likeness (QED) is 0.427. The van der Waals surface area contributed by atoms with Crippen LogP contribution in [0.3, 0.4) is 0 Å². The van der Waals surface area contributed by atoms with Gasteiger partial charge < -0.3 is 4.52 Å². The smallest absolute Gasteiger partial charge is 0.299 e. The third-order valence-electron chi connectivity index (χ3n) is 3.98. The van der Waals surface area contributed by atoms with Crippen LogP contribution in [-0.4, -0.2) is 15.9 Å². The monoisotopic (exact) mass is 404 g/mol. The highest BCUT2D eigenvalue weighted by molar-refractivity contribution is 9.10. The van der Waals surface area contributed by atoms with E-state index in [2.05, 4.69) is 26.1 Å². The second kappa shape index (κ2) is 7.06. The number of hydrogen-bond acceptors (Lipinski definition) is 4. The van der Waals surface area contributed by atoms with Gasteiger partial charge in [0.25, 0.3) is 11.7 Å². The van der Waals surface area contributed by atoms with E-state index in [1.807, 2.05) is 66.7 Å². The highest BCUT2D eigenvalue weighted by Crippen LogP contribution is 2.22. The van der Waals surface area contributed by atoms with Crippen LogP contribution in [0.15, 0.2) is 87.9 Å². The summed E-state index contributed by atoms with van der Waals surface area (Å²) in [6.07, 6.45) is 0. The molecule has 0 spiro atoms. The van der Waals surface area contributed by atoms with Gasteiger partial charge in [-0.2, -0.15) is 4.98 Å². The van der Waals surface area contributed by atoms with Gasteiger partial charge in [0.05, 0.1) is 0 Å². The number of nitrogens with zero attached hydrogens (tertiary/aromatic N) is 2. The molecule has 4 rings (SSSR count). The minimum absolute atomic E-state index is 0.0182. The Morgan fingerprint density at radius 3 is 2.08 bits per heavy atom. The van der Waals surface area contributed by atoms with Gasteiger partial charge in [-0.25, -0.2) is 0 Å². The Morgan fingerprint density at radius 2 is 1.38 bits per heavy atom. The molecule has 4 aromatic rings. The number of halogens is 1. The standard InChI is InChI=1S/C21H13BrN2O2/c22-18-12-10-17(11-13-18)20-23-21(26-24-20)19(25)16-8-6-15(7-9-16)14-4-2-1-3-5-14/h1-13H. The van der Waals surface area contributed by atoms with E-state index < -0.39 is 0 Å². The largest absolute Gasteiger partial charge is 0.330 e. The molecule has 0 N–H and O–H groups in total. The van der Waals surface area contributed by atoms with Crippen LogP contribution in [0, 0.1) is 0 Å². The van der Waals surface area contributed by atoms with Crippen LogP contribution in [0.4, 0.5) is 0 Å². The molecule has 0 aliphatic carbocycles. The minimum atomic E-state index is -0.291. The van der Waals surface area contributed by atoms with Gasteiger partial charge in [0.2, 0.25) is 5.82 Å². The number of ketones is 1. The molecule has 0 atom stereocenters. The Bertz CT molecular complexity index is 1040. The van der Waals surface area contributed by atoms with Crippen molar-refractivity contribution >= 4 is 21.7 Å². The first kappa shape index (κ1) is 16.4. The lowest BCUT2D eigenvalue weighted by atomic mass is 10.0. The van der Waals surface area contributed by atoms with E-state index in [0.29, 0.717) is 11.4 Å². The van der Waals surface area contributed by atoms with E-state index in [0.717, 1.165) is 21.2 Å². The molecule has 3 aromatic carbocycles. The highest BCUT2D eigenvalue weighted by atomic mass is 79.9. The van der Waals surface area contributed by atoms with Crippen LogP contribution in [0.1, 0.15) is 16.2 Å². The normalized spacial score (nSPS) is 10.7. The van der Waals surface area contributed by atoms with Crippen LogP contribution in [0.25, 0.3) is 22.5 Å². The molecule has 0 saturated heterocycles. The van der Waals surface area contributed by atoms with E-state index in [-0.39, 0.29) is 11.7 Å². The SMILES string of the molecule is O=C(c1ccc(-c2ccccc2)cc1)c1nc(-c2ccc(Br)cc2)no1. The molecule has 0 radical (unpaired) electrons. The summed E-state index contributed by atoms with van der Waals surface area (Å²) in [6.45, 7) is 0. The molecular formula is C21H13BrN2O2. The van der Waals surface area contributed by atoms with Gasteiger partial charge >= 0.3 is 0 Å². The number of benzene rings is 3. The minimum Gasteiger partial charge on any atom is -0.330 e. The lowest BCUT2D eigenvalue weighted by Crippen LogP contribution is -2.01. The van der Waals surface area contributed by atoms with Gasteiger partial charge in [0.1, 0.15) is 0 Å². The first-order valence-electron chi connectivity index (χ1n) is 8.00. The molecule has 0 fully saturated rings. The van der Waals surface area contributed by atoms with E-state index >= 15 is 0 Å². The van der Waals surface area contributed by atoms with Crippen molar-refractivity contribution in [2.24, 2.45) is 0 Å². The molecule has 0 bridgehead atoms. The summed E-state index contributed by atoms with van der Waals surface area (Å²) in [6, 6.07) is 24.8. The first-order valence-corrected chi connectivity index (χ1v) is 8.80. The molecule has 0 unspecified atom stereocenters. The topological polar surface area (TPSA) is 56.0 Å². The summed E-state index contributed by atoms with van der Waals surface area (Å²) in [5.41, 5.74) is 3.44. The third-order valence-corrected chi connectivity index (χ3v) is 4.51. The number of rotatable bonds is 4. The van der Waals surface area contributed by atoms with Crippen LogP contribution >= 0.6 is 15.9 Å². The Balaban J connectivity index is 1.57. The number of aromatic nitrogens is 2. The maximum Gasteiger partial charge on any atom is 0.299 e. The van der Waals surface area contributed by atoms with Crippen LogP contribution in [0.2, 0.25) is 0 Å². The second-order valence-electron chi connectivity index (χ2n) is 5.70. The van der Waals surface area contributed by atoms with Crippen molar-refractivity contribution in [3.8, 4) is 22.5 Å². The first-order chi connectivity index (χ1) is 12.7. The van der Waals surface area contributed by atoms with Crippen LogP contribution in [-0.2, 0) is 0 Å². The molecule has 4 nitrogen and oxygen atoms in total. The number of hydrogen-bond donors (Lipinski definition) is 0. The van der Waals surface area contributed by atoms with E-state index in [1.165, 1.54) is 0 Å². The van der Waals surface area contributed by atoms with Crippen LogP contribution < -0.4 is 0 Å². The summed E-state index contributed by atoms with van der Waals surface area (Å²) in [5, 5.41) is 3.91. The highest BCUT2D eigenvalue weighted by Gasteiger charge is 2.18. The molecule has 0 amide bonds. The second-order valence-corrected chi connectivity index (χ2v) is 6.62. The molecule has 1 heterocycles. The summed E-state index contributed by atoms with van der Waals surface area (Å²) in [5.74, 6) is 0.0811. The molecule has 26 heavy (non-hydrogen) atoms. The van der Waals surface area contributed by atoms with Crippen LogP contribution in [0.5, 0.6) is 0 Å². The molecule has 0 saturated carbocycles. The lowest BCUT2D eigenvalue weighted by Gasteiger charge is -2.02. The fourth-order valence-electron chi connectivity index (χ4n) is 2.60. The van der Waals surface area contributed by atoms with Crippen molar-refractivity contribution in [3.05, 3.63) is 94.8 Å². The fourth-order valence-corrected chi connectivity index (χ4v) is 2.86. The fraction of sp³-hybridized carbons (Fsp3) is 0. The summed E-state index contributed by atoms with van der Waals surface area (Å²) in [7, 11) is 0. The van der Waals surface area contributed by atoms with Gasteiger partial charge in [-0.1, -0.05) is 75.7 Å². The van der Waals surface area contributed by atoms with Gasteiger partial charge in [0, 0.05) is 15.6 Å². The van der Waals surface area contributed by atoms with Crippen molar-refractivity contribution in [2.75, 3.05) is 0 Å². The molecule has 126 valence electrons.